The molecule has 6 heteroatoms. The molecule has 0 saturated heterocycles. The number of hydrogen-bond donors (Lipinski definition) is 1. The van der Waals surface area contributed by atoms with E-state index >= 15 is 0 Å². The highest BCUT2D eigenvalue weighted by Crippen LogP contribution is 2.18. The van der Waals surface area contributed by atoms with Crippen molar-refractivity contribution in [2.75, 3.05) is 6.54 Å². The number of aromatic nitrogens is 2. The highest BCUT2D eigenvalue weighted by Gasteiger charge is 2.13. The Kier molecular flexibility index (Phi) is 5.74. The highest BCUT2D eigenvalue weighted by molar-refractivity contribution is 7.11. The fourth-order valence-electron chi connectivity index (χ4n) is 2.57. The molecule has 2 aromatic heterocycles. The first-order chi connectivity index (χ1) is 11.7. The average Bonchev–Trinajstić information content (AvgIpc) is 3.22. The van der Waals surface area contributed by atoms with Crippen LogP contribution in [0.5, 0.6) is 0 Å². The Bertz CT molecular complexity index is 753. The lowest BCUT2D eigenvalue weighted by molar-refractivity contribution is 0.250. The lowest BCUT2D eigenvalue weighted by Gasteiger charge is -2.20. The maximum Gasteiger partial charge on any atom is 0.240 e. The van der Waals surface area contributed by atoms with Gasteiger partial charge in [-0.25, -0.2) is 0 Å². The smallest absolute Gasteiger partial charge is 0.240 e. The Hall–Kier alpha value is -2.02. The zero-order chi connectivity index (χ0) is 16.8. The van der Waals surface area contributed by atoms with Crippen molar-refractivity contribution < 1.29 is 4.52 Å². The molecule has 3 aromatic rings. The first-order valence-electron chi connectivity index (χ1n) is 8.06. The summed E-state index contributed by atoms with van der Waals surface area (Å²) >= 11 is 1.83. The Balaban J connectivity index is 1.67. The van der Waals surface area contributed by atoms with Gasteiger partial charge in [0.15, 0.2) is 5.82 Å². The standard InChI is InChI=1S/C18H22N4OS/c1-14-7-8-16(24-14)12-22(10-9-15-5-3-2-4-6-15)13-17-20-18(11-19)23-21-17/h2-8H,9-13,19H2,1H3. The van der Waals surface area contributed by atoms with E-state index in [1.165, 1.54) is 15.3 Å². The van der Waals surface area contributed by atoms with Crippen LogP contribution < -0.4 is 5.73 Å². The number of nitrogens with zero attached hydrogens (tertiary/aromatic N) is 3. The monoisotopic (exact) mass is 342 g/mol. The van der Waals surface area contributed by atoms with Gasteiger partial charge in [-0.2, -0.15) is 4.98 Å². The van der Waals surface area contributed by atoms with Crippen LogP contribution in [0.2, 0.25) is 0 Å². The van der Waals surface area contributed by atoms with Crippen molar-refractivity contribution >= 4 is 11.3 Å². The van der Waals surface area contributed by atoms with Gasteiger partial charge >= 0.3 is 0 Å². The minimum Gasteiger partial charge on any atom is -0.338 e. The fourth-order valence-corrected chi connectivity index (χ4v) is 3.51. The molecule has 0 radical (unpaired) electrons. The van der Waals surface area contributed by atoms with Gasteiger partial charge in [0, 0.05) is 22.8 Å². The summed E-state index contributed by atoms with van der Waals surface area (Å²) in [6.07, 6.45) is 0.993. The van der Waals surface area contributed by atoms with Gasteiger partial charge in [-0.05, 0) is 31.0 Å². The third kappa shape index (κ3) is 4.74. The molecule has 0 unspecified atom stereocenters. The summed E-state index contributed by atoms with van der Waals surface area (Å²) in [5.41, 5.74) is 6.88. The van der Waals surface area contributed by atoms with Crippen molar-refractivity contribution in [3.63, 3.8) is 0 Å². The summed E-state index contributed by atoms with van der Waals surface area (Å²) in [5.74, 6) is 1.18. The molecular weight excluding hydrogens is 320 g/mol. The zero-order valence-electron chi connectivity index (χ0n) is 13.8. The van der Waals surface area contributed by atoms with Crippen molar-refractivity contribution in [1.29, 1.82) is 0 Å². The number of rotatable bonds is 8. The first kappa shape index (κ1) is 16.8. The van der Waals surface area contributed by atoms with Gasteiger partial charge in [-0.1, -0.05) is 35.5 Å². The Morgan fingerprint density at radius 2 is 1.96 bits per heavy atom. The number of benzene rings is 1. The molecule has 0 atom stereocenters. The highest BCUT2D eigenvalue weighted by atomic mass is 32.1. The molecular formula is C18H22N4OS. The molecule has 5 nitrogen and oxygen atoms in total. The molecule has 126 valence electrons. The Morgan fingerprint density at radius 1 is 1.12 bits per heavy atom. The second-order valence-electron chi connectivity index (χ2n) is 5.77. The van der Waals surface area contributed by atoms with E-state index in [0.717, 1.165) is 19.5 Å². The van der Waals surface area contributed by atoms with Crippen LogP contribution >= 0.6 is 11.3 Å². The molecule has 0 fully saturated rings. The molecule has 0 aliphatic heterocycles. The number of nitrogens with two attached hydrogens (primary N) is 1. The molecule has 24 heavy (non-hydrogen) atoms. The van der Waals surface area contributed by atoms with E-state index in [2.05, 4.69) is 58.4 Å². The summed E-state index contributed by atoms with van der Waals surface area (Å²) in [5, 5.41) is 4.02. The SMILES string of the molecule is Cc1ccc(CN(CCc2ccccc2)Cc2noc(CN)n2)s1. The topological polar surface area (TPSA) is 68.2 Å². The van der Waals surface area contributed by atoms with Gasteiger partial charge in [0.1, 0.15) is 0 Å². The molecule has 0 bridgehead atoms. The summed E-state index contributed by atoms with van der Waals surface area (Å²) < 4.78 is 5.12. The quantitative estimate of drug-likeness (QED) is 0.681. The van der Waals surface area contributed by atoms with E-state index in [1.807, 2.05) is 17.4 Å². The third-order valence-electron chi connectivity index (χ3n) is 3.78. The molecule has 0 aliphatic rings. The molecule has 0 amide bonds. The largest absolute Gasteiger partial charge is 0.338 e. The van der Waals surface area contributed by atoms with Crippen LogP contribution in [-0.2, 0) is 26.1 Å². The third-order valence-corrected chi connectivity index (χ3v) is 4.77. The fraction of sp³-hybridized carbons (Fsp3) is 0.333. The minimum absolute atomic E-state index is 0.279. The van der Waals surface area contributed by atoms with Gasteiger partial charge in [0.2, 0.25) is 5.89 Å². The van der Waals surface area contributed by atoms with Crippen LogP contribution in [-0.4, -0.2) is 21.6 Å². The van der Waals surface area contributed by atoms with Gasteiger partial charge in [-0.3, -0.25) is 4.90 Å². The van der Waals surface area contributed by atoms with E-state index in [-0.39, 0.29) is 6.54 Å². The van der Waals surface area contributed by atoms with Crippen molar-refractivity contribution in [2.24, 2.45) is 5.73 Å². The lowest BCUT2D eigenvalue weighted by atomic mass is 10.1. The molecule has 0 saturated carbocycles. The normalized spacial score (nSPS) is 11.3. The van der Waals surface area contributed by atoms with Crippen LogP contribution in [0.4, 0.5) is 0 Å². The zero-order valence-corrected chi connectivity index (χ0v) is 14.6. The van der Waals surface area contributed by atoms with Crippen LogP contribution in [0.1, 0.15) is 27.0 Å². The van der Waals surface area contributed by atoms with Gasteiger partial charge < -0.3 is 10.3 Å². The second-order valence-corrected chi connectivity index (χ2v) is 7.14. The van der Waals surface area contributed by atoms with Gasteiger partial charge in [-0.15, -0.1) is 11.3 Å². The van der Waals surface area contributed by atoms with Gasteiger partial charge in [0.05, 0.1) is 13.1 Å². The summed E-state index contributed by atoms with van der Waals surface area (Å²) in [6, 6.07) is 14.9. The van der Waals surface area contributed by atoms with Crippen molar-refractivity contribution in [3.8, 4) is 0 Å². The summed E-state index contributed by atoms with van der Waals surface area (Å²) in [6.45, 7) is 4.90. The predicted molar refractivity (Wildman–Crippen MR) is 95.5 cm³/mol. The predicted octanol–water partition coefficient (Wildman–Crippen LogP) is 3.14. The maximum atomic E-state index is 5.55. The van der Waals surface area contributed by atoms with Crippen LogP contribution in [0.15, 0.2) is 47.0 Å². The first-order valence-corrected chi connectivity index (χ1v) is 8.87. The van der Waals surface area contributed by atoms with Gasteiger partial charge in [0.25, 0.3) is 0 Å². The second kappa shape index (κ2) is 8.19. The summed E-state index contributed by atoms with van der Waals surface area (Å²) in [4.78, 5) is 9.36. The lowest BCUT2D eigenvalue weighted by Crippen LogP contribution is -2.25. The van der Waals surface area contributed by atoms with E-state index in [9.17, 15) is 0 Å². The average molecular weight is 342 g/mol. The molecule has 2 N–H and O–H groups in total. The molecule has 0 spiro atoms. The van der Waals surface area contributed by atoms with E-state index in [4.69, 9.17) is 10.3 Å². The van der Waals surface area contributed by atoms with E-state index < -0.39 is 0 Å². The number of thiophene rings is 1. The van der Waals surface area contributed by atoms with E-state index in [0.29, 0.717) is 18.3 Å². The number of aryl methyl sites for hydroxylation is 1. The molecule has 2 heterocycles. The molecule has 1 aromatic carbocycles. The number of hydrogen-bond acceptors (Lipinski definition) is 6. The molecule has 3 rings (SSSR count). The van der Waals surface area contributed by atoms with E-state index in [1.54, 1.807) is 0 Å². The Labute approximate surface area is 146 Å². The molecule has 0 aliphatic carbocycles. The van der Waals surface area contributed by atoms with Crippen molar-refractivity contribution in [1.82, 2.24) is 15.0 Å². The Morgan fingerprint density at radius 3 is 2.62 bits per heavy atom. The van der Waals surface area contributed by atoms with Crippen molar-refractivity contribution in [3.05, 3.63) is 69.5 Å². The summed E-state index contributed by atoms with van der Waals surface area (Å²) in [7, 11) is 0. The van der Waals surface area contributed by atoms with Crippen LogP contribution in [0, 0.1) is 6.92 Å². The maximum absolute atomic E-state index is 5.55. The van der Waals surface area contributed by atoms with Crippen molar-refractivity contribution in [2.45, 2.75) is 33.0 Å². The van der Waals surface area contributed by atoms with Crippen LogP contribution in [0.25, 0.3) is 0 Å². The van der Waals surface area contributed by atoms with Crippen LogP contribution in [0.3, 0.4) is 0 Å². The minimum atomic E-state index is 0.279.